The van der Waals surface area contributed by atoms with Gasteiger partial charge >= 0.3 is 0 Å². The maximum atomic E-state index is 10.4. The number of rotatable bonds is 4. The lowest BCUT2D eigenvalue weighted by molar-refractivity contribution is 1.18. The van der Waals surface area contributed by atoms with Gasteiger partial charge in [0.2, 0.25) is 0 Å². The van der Waals surface area contributed by atoms with Gasteiger partial charge in [-0.25, -0.2) is 0 Å². The zero-order valence-electron chi connectivity index (χ0n) is 26.4. The van der Waals surface area contributed by atoms with E-state index in [-0.39, 0.29) is 0 Å². The largest absolute Gasteiger partial charge is 0.309 e. The molecule has 0 saturated carbocycles. The highest BCUT2D eigenvalue weighted by Gasteiger charge is 2.20. The van der Waals surface area contributed by atoms with Gasteiger partial charge in [-0.1, -0.05) is 121 Å². The molecule has 0 bridgehead atoms. The Morgan fingerprint density at radius 2 is 0.878 bits per heavy atom. The van der Waals surface area contributed by atoms with Crippen molar-refractivity contribution in [1.82, 2.24) is 4.57 Å². The summed E-state index contributed by atoms with van der Waals surface area (Å²) in [5.41, 5.74) is 10.4. The first kappa shape index (κ1) is 28.3. The molecule has 9 rings (SSSR count). The Balaban J connectivity index is 1.37. The van der Waals surface area contributed by atoms with Crippen molar-refractivity contribution in [2.75, 3.05) is 0 Å². The third-order valence-electron chi connectivity index (χ3n) is 9.61. The van der Waals surface area contributed by atoms with Crippen LogP contribution in [0.15, 0.2) is 164 Å². The van der Waals surface area contributed by atoms with Crippen LogP contribution in [-0.4, -0.2) is 4.57 Å². The average molecular weight is 622 g/mol. The molecule has 0 spiro atoms. The third-order valence-corrected chi connectivity index (χ3v) is 9.61. The van der Waals surface area contributed by atoms with E-state index >= 15 is 0 Å². The van der Waals surface area contributed by atoms with E-state index in [1.165, 1.54) is 11.1 Å². The van der Waals surface area contributed by atoms with Crippen molar-refractivity contribution in [2.45, 2.75) is 0 Å². The van der Waals surface area contributed by atoms with E-state index in [0.29, 0.717) is 11.1 Å². The van der Waals surface area contributed by atoms with E-state index in [9.17, 15) is 10.5 Å². The Hall–Kier alpha value is -6.94. The molecule has 1 heterocycles. The van der Waals surface area contributed by atoms with Crippen molar-refractivity contribution in [3.8, 4) is 51.2 Å². The molecule has 0 fully saturated rings. The molecule has 0 unspecified atom stereocenters. The quantitative estimate of drug-likeness (QED) is 0.184. The predicted molar refractivity (Wildman–Crippen MR) is 202 cm³/mol. The second-order valence-corrected chi connectivity index (χ2v) is 12.3. The summed E-state index contributed by atoms with van der Waals surface area (Å²) in [6, 6.07) is 61.3. The Kier molecular flexibility index (Phi) is 6.58. The third kappa shape index (κ3) is 4.49. The molecule has 0 amide bonds. The van der Waals surface area contributed by atoms with E-state index in [4.69, 9.17) is 0 Å². The Labute approximate surface area is 283 Å². The minimum absolute atomic E-state index is 0.553. The van der Waals surface area contributed by atoms with Crippen molar-refractivity contribution in [2.24, 2.45) is 0 Å². The first-order valence-corrected chi connectivity index (χ1v) is 16.3. The highest BCUT2D eigenvalue weighted by atomic mass is 15.0. The fourth-order valence-electron chi connectivity index (χ4n) is 7.57. The summed E-state index contributed by atoms with van der Waals surface area (Å²) >= 11 is 0. The van der Waals surface area contributed by atoms with Gasteiger partial charge in [0.15, 0.2) is 0 Å². The van der Waals surface area contributed by atoms with Crippen LogP contribution in [0, 0.1) is 22.7 Å². The minimum Gasteiger partial charge on any atom is -0.309 e. The molecule has 0 aliphatic carbocycles. The molecule has 0 aliphatic heterocycles. The summed E-state index contributed by atoms with van der Waals surface area (Å²) in [4.78, 5) is 0. The van der Waals surface area contributed by atoms with Gasteiger partial charge in [0.25, 0.3) is 0 Å². The van der Waals surface area contributed by atoms with Crippen LogP contribution in [0.25, 0.3) is 82.4 Å². The fourth-order valence-corrected chi connectivity index (χ4v) is 7.57. The number of nitriles is 2. The van der Waals surface area contributed by atoms with Gasteiger partial charge in [0, 0.05) is 16.5 Å². The number of fused-ring (bicyclic) bond motifs is 5. The van der Waals surface area contributed by atoms with Gasteiger partial charge in [0.1, 0.15) is 0 Å². The van der Waals surface area contributed by atoms with E-state index in [2.05, 4.69) is 150 Å². The molecule has 49 heavy (non-hydrogen) atoms. The van der Waals surface area contributed by atoms with Crippen LogP contribution in [0.2, 0.25) is 0 Å². The lowest BCUT2D eigenvalue weighted by atomic mass is 9.83. The van der Waals surface area contributed by atoms with E-state index < -0.39 is 0 Å². The normalized spacial score (nSPS) is 11.2. The summed E-state index contributed by atoms with van der Waals surface area (Å²) in [5, 5.41) is 27.4. The number of hydrogen-bond acceptors (Lipinski definition) is 2. The van der Waals surface area contributed by atoms with Crippen molar-refractivity contribution in [3.63, 3.8) is 0 Å². The molecule has 9 aromatic rings. The summed E-state index contributed by atoms with van der Waals surface area (Å²) < 4.78 is 2.24. The van der Waals surface area contributed by atoms with E-state index in [1.54, 1.807) is 0 Å². The van der Waals surface area contributed by atoms with Crippen LogP contribution in [0.3, 0.4) is 0 Å². The Morgan fingerprint density at radius 3 is 1.45 bits per heavy atom. The van der Waals surface area contributed by atoms with Crippen LogP contribution in [-0.2, 0) is 0 Å². The van der Waals surface area contributed by atoms with Gasteiger partial charge < -0.3 is 4.57 Å². The SMILES string of the molecule is N#Cc1cc(-c2cc(C#N)ccc2-c2c3ccccc3c(-c3ccccc3)c3ccccc23)cc(-n2c3ccccc3c3ccccc32)c1. The predicted octanol–water partition coefficient (Wildman–Crippen LogP) is 11.8. The van der Waals surface area contributed by atoms with Crippen LogP contribution in [0.4, 0.5) is 0 Å². The molecule has 0 saturated heterocycles. The summed E-state index contributed by atoms with van der Waals surface area (Å²) in [6.45, 7) is 0. The molecule has 3 heteroatoms. The van der Waals surface area contributed by atoms with Crippen LogP contribution >= 0.6 is 0 Å². The highest BCUT2D eigenvalue weighted by molar-refractivity contribution is 6.22. The smallest absolute Gasteiger partial charge is 0.0992 e. The van der Waals surface area contributed by atoms with Crippen molar-refractivity contribution < 1.29 is 0 Å². The molecule has 226 valence electrons. The zero-order chi connectivity index (χ0) is 32.9. The summed E-state index contributed by atoms with van der Waals surface area (Å²) in [6.07, 6.45) is 0. The first-order chi connectivity index (χ1) is 24.2. The maximum Gasteiger partial charge on any atom is 0.0992 e. The standard InChI is InChI=1S/C46H27N3/c47-28-30-22-23-41(46-39-18-6-4-16-37(39)45(32-12-2-1-3-13-32)38-17-5-7-19-40(38)46)42(26-30)33-24-31(29-48)25-34(27-33)49-43-20-10-8-14-35(43)36-15-9-11-21-44(36)49/h1-27H. The summed E-state index contributed by atoms with van der Waals surface area (Å²) in [5.74, 6) is 0. The molecule has 0 atom stereocenters. The monoisotopic (exact) mass is 621 g/mol. The topological polar surface area (TPSA) is 52.5 Å². The van der Waals surface area contributed by atoms with E-state index in [0.717, 1.165) is 71.3 Å². The Bertz CT molecular complexity index is 2740. The van der Waals surface area contributed by atoms with E-state index in [1.807, 2.05) is 30.3 Å². The van der Waals surface area contributed by atoms with Crippen LogP contribution in [0.5, 0.6) is 0 Å². The fraction of sp³-hybridized carbons (Fsp3) is 0. The molecule has 0 aliphatic rings. The van der Waals surface area contributed by atoms with Crippen molar-refractivity contribution in [3.05, 3.63) is 175 Å². The van der Waals surface area contributed by atoms with Crippen molar-refractivity contribution in [1.29, 1.82) is 10.5 Å². The molecular formula is C46H27N3. The Morgan fingerprint density at radius 1 is 0.367 bits per heavy atom. The lowest BCUT2D eigenvalue weighted by Crippen LogP contribution is -1.97. The number of para-hydroxylation sites is 2. The number of nitrogens with zero attached hydrogens (tertiary/aromatic N) is 3. The molecule has 1 aromatic heterocycles. The molecule has 0 radical (unpaired) electrons. The number of hydrogen-bond donors (Lipinski definition) is 0. The number of aromatic nitrogens is 1. The lowest BCUT2D eigenvalue weighted by Gasteiger charge is -2.20. The maximum absolute atomic E-state index is 10.4. The van der Waals surface area contributed by atoms with Gasteiger partial charge in [-0.3, -0.25) is 0 Å². The molecule has 0 N–H and O–H groups in total. The minimum atomic E-state index is 0.553. The molecule has 3 nitrogen and oxygen atoms in total. The average Bonchev–Trinajstić information content (AvgIpc) is 3.51. The summed E-state index contributed by atoms with van der Waals surface area (Å²) in [7, 11) is 0. The van der Waals surface area contributed by atoms with Crippen molar-refractivity contribution >= 4 is 43.4 Å². The first-order valence-electron chi connectivity index (χ1n) is 16.3. The zero-order valence-corrected chi connectivity index (χ0v) is 26.4. The second kappa shape index (κ2) is 11.4. The number of benzene rings is 8. The molecule has 8 aromatic carbocycles. The highest BCUT2D eigenvalue weighted by Crippen LogP contribution is 2.46. The second-order valence-electron chi connectivity index (χ2n) is 12.3. The molecular weight excluding hydrogens is 595 g/mol. The van der Waals surface area contributed by atoms with Gasteiger partial charge in [0.05, 0.1) is 34.3 Å². The van der Waals surface area contributed by atoms with Gasteiger partial charge in [-0.15, -0.1) is 0 Å². The van der Waals surface area contributed by atoms with Gasteiger partial charge in [-0.2, -0.15) is 10.5 Å². The van der Waals surface area contributed by atoms with Crippen LogP contribution < -0.4 is 0 Å². The van der Waals surface area contributed by atoms with Gasteiger partial charge in [-0.05, 0) is 97.4 Å². The van der Waals surface area contributed by atoms with Crippen LogP contribution in [0.1, 0.15) is 11.1 Å².